The number of hydrogen-bond acceptors (Lipinski definition) is 1. The highest BCUT2D eigenvalue weighted by molar-refractivity contribution is 5.87. The van der Waals surface area contributed by atoms with Gasteiger partial charge in [0.2, 0.25) is 0 Å². The Morgan fingerprint density at radius 3 is 2.58 bits per heavy atom. The molecule has 2 aromatic rings. The number of hydrogen-bond donors (Lipinski definition) is 0. The number of para-hydroxylation sites is 1. The van der Waals surface area contributed by atoms with Gasteiger partial charge in [-0.25, -0.2) is 0 Å². The van der Waals surface area contributed by atoms with Gasteiger partial charge < -0.3 is 9.30 Å². The second kappa shape index (κ2) is 8.37. The van der Waals surface area contributed by atoms with Gasteiger partial charge in [-0.3, -0.25) is 0 Å². The smallest absolute Gasteiger partial charge is 0.0988 e. The monoisotopic (exact) mass is 415 g/mol. The topological polar surface area (TPSA) is 14.2 Å². The normalized spacial score (nSPS) is 31.6. The van der Waals surface area contributed by atoms with Crippen molar-refractivity contribution in [3.05, 3.63) is 65.6 Å². The molecule has 0 radical (unpaired) electrons. The zero-order valence-electron chi connectivity index (χ0n) is 19.6. The summed E-state index contributed by atoms with van der Waals surface area (Å²) in [5, 5.41) is 1.35. The van der Waals surface area contributed by atoms with E-state index in [1.165, 1.54) is 54.3 Å². The first kappa shape index (κ1) is 20.7. The van der Waals surface area contributed by atoms with Crippen LogP contribution >= 0.6 is 0 Å². The second-order valence-electron chi connectivity index (χ2n) is 10.1. The van der Waals surface area contributed by atoms with Gasteiger partial charge >= 0.3 is 0 Å². The fourth-order valence-electron chi connectivity index (χ4n) is 6.21. The summed E-state index contributed by atoms with van der Waals surface area (Å²) in [7, 11) is 0. The van der Waals surface area contributed by atoms with Crippen molar-refractivity contribution in [3.63, 3.8) is 0 Å². The summed E-state index contributed by atoms with van der Waals surface area (Å²) >= 11 is 0. The van der Waals surface area contributed by atoms with Crippen LogP contribution < -0.4 is 0 Å². The van der Waals surface area contributed by atoms with Crippen LogP contribution in [-0.2, 0) is 4.74 Å². The molecule has 164 valence electrons. The van der Waals surface area contributed by atoms with E-state index < -0.39 is 0 Å². The molecule has 1 aliphatic heterocycles. The molecule has 1 aromatic heterocycles. The van der Waals surface area contributed by atoms with E-state index >= 15 is 0 Å². The van der Waals surface area contributed by atoms with Crippen molar-refractivity contribution in [2.45, 2.75) is 78.4 Å². The number of nitrogens with zero attached hydrogens (tertiary/aromatic N) is 1. The van der Waals surface area contributed by atoms with E-state index in [4.69, 9.17) is 4.74 Å². The van der Waals surface area contributed by atoms with Gasteiger partial charge in [0.1, 0.15) is 0 Å². The van der Waals surface area contributed by atoms with Gasteiger partial charge in [-0.15, -0.1) is 0 Å². The van der Waals surface area contributed by atoms with Gasteiger partial charge in [0.05, 0.1) is 11.9 Å². The lowest BCUT2D eigenvalue weighted by molar-refractivity contribution is 0.0569. The minimum absolute atomic E-state index is 0.279. The summed E-state index contributed by atoms with van der Waals surface area (Å²) < 4.78 is 8.98. The van der Waals surface area contributed by atoms with Crippen LogP contribution in [0.1, 0.15) is 78.0 Å². The first-order valence-corrected chi connectivity index (χ1v) is 12.4. The standard InChI is InChI=1S/C29H37NO/c1-19-20(2)29(22(4)31-21(19)3)28-18-25-12-8-9-13-27(25)30(28)26-16-14-24(15-17-26)23-10-6-5-7-11-23/h5-6,8-9,12-14,18-21,23,26H,7,10-11,15-17H2,1-4H3/t19?,20?,21-,23?,26?/m0/s1. The summed E-state index contributed by atoms with van der Waals surface area (Å²) in [4.78, 5) is 0. The maximum Gasteiger partial charge on any atom is 0.0988 e. The molecule has 0 fully saturated rings. The predicted molar refractivity (Wildman–Crippen MR) is 131 cm³/mol. The first-order valence-electron chi connectivity index (χ1n) is 12.4. The lowest BCUT2D eigenvalue weighted by Gasteiger charge is -2.37. The molecule has 2 aliphatic carbocycles. The molecule has 5 atom stereocenters. The number of benzene rings is 1. The summed E-state index contributed by atoms with van der Waals surface area (Å²) in [6, 6.07) is 11.9. The number of fused-ring (bicyclic) bond motifs is 1. The minimum atomic E-state index is 0.279. The largest absolute Gasteiger partial charge is 0.495 e. The van der Waals surface area contributed by atoms with Crippen molar-refractivity contribution in [1.82, 2.24) is 4.57 Å². The molecular formula is C29H37NO. The predicted octanol–water partition coefficient (Wildman–Crippen LogP) is 8.07. The van der Waals surface area contributed by atoms with Crippen LogP contribution in [0, 0.1) is 17.8 Å². The highest BCUT2D eigenvalue weighted by Crippen LogP contribution is 2.44. The maximum absolute atomic E-state index is 6.32. The molecule has 0 saturated carbocycles. The molecule has 0 bridgehead atoms. The molecule has 0 spiro atoms. The molecule has 0 N–H and O–H groups in total. The quantitative estimate of drug-likeness (QED) is 0.462. The average molecular weight is 416 g/mol. The van der Waals surface area contributed by atoms with Crippen molar-refractivity contribution in [1.29, 1.82) is 0 Å². The van der Waals surface area contributed by atoms with Crippen LogP contribution in [0.3, 0.4) is 0 Å². The van der Waals surface area contributed by atoms with E-state index in [0.717, 1.165) is 18.1 Å². The van der Waals surface area contributed by atoms with Crippen molar-refractivity contribution in [2.75, 3.05) is 0 Å². The maximum atomic E-state index is 6.32. The zero-order chi connectivity index (χ0) is 21.5. The number of aromatic nitrogens is 1. The lowest BCUT2D eigenvalue weighted by Crippen LogP contribution is -2.31. The highest BCUT2D eigenvalue weighted by atomic mass is 16.5. The molecule has 2 nitrogen and oxygen atoms in total. The fraction of sp³-hybridized carbons (Fsp3) is 0.517. The van der Waals surface area contributed by atoms with E-state index in [1.54, 1.807) is 5.57 Å². The Labute approximate surface area is 187 Å². The Balaban J connectivity index is 1.54. The molecule has 1 aromatic carbocycles. The molecule has 31 heavy (non-hydrogen) atoms. The van der Waals surface area contributed by atoms with Crippen molar-refractivity contribution in [3.8, 4) is 0 Å². The molecule has 5 rings (SSSR count). The van der Waals surface area contributed by atoms with Crippen LogP contribution in [0.5, 0.6) is 0 Å². The molecule has 0 amide bonds. The molecule has 3 aliphatic rings. The van der Waals surface area contributed by atoms with Crippen LogP contribution in [0.15, 0.2) is 59.9 Å². The van der Waals surface area contributed by atoms with Crippen molar-refractivity contribution >= 4 is 16.5 Å². The Hall–Kier alpha value is -2.22. The lowest BCUT2D eigenvalue weighted by atomic mass is 9.80. The first-order chi connectivity index (χ1) is 15.0. The third-order valence-electron chi connectivity index (χ3n) is 8.33. The molecule has 0 saturated heterocycles. The second-order valence-corrected chi connectivity index (χ2v) is 10.1. The average Bonchev–Trinajstić information content (AvgIpc) is 3.17. The Morgan fingerprint density at radius 2 is 1.84 bits per heavy atom. The third-order valence-corrected chi connectivity index (χ3v) is 8.33. The highest BCUT2D eigenvalue weighted by Gasteiger charge is 2.34. The van der Waals surface area contributed by atoms with Crippen LogP contribution in [0.4, 0.5) is 0 Å². The number of rotatable bonds is 3. The van der Waals surface area contributed by atoms with Crippen LogP contribution in [-0.4, -0.2) is 10.7 Å². The van der Waals surface area contributed by atoms with E-state index in [9.17, 15) is 0 Å². The van der Waals surface area contributed by atoms with Crippen LogP contribution in [0.25, 0.3) is 16.5 Å². The fourth-order valence-corrected chi connectivity index (χ4v) is 6.21. The van der Waals surface area contributed by atoms with E-state index in [0.29, 0.717) is 17.9 Å². The number of allylic oxidation sites excluding steroid dienone is 6. The van der Waals surface area contributed by atoms with Gasteiger partial charge in [0.25, 0.3) is 0 Å². The molecule has 2 heterocycles. The molecule has 2 heteroatoms. The molecular weight excluding hydrogens is 378 g/mol. The Morgan fingerprint density at radius 1 is 1.00 bits per heavy atom. The SMILES string of the molecule is CC1=C(c2cc3ccccc3n2C2CC=C(C3CC=CCC3)CC2)C(C)C(C)[C@H](C)O1. The van der Waals surface area contributed by atoms with Gasteiger partial charge in [0, 0.05) is 28.2 Å². The van der Waals surface area contributed by atoms with E-state index in [2.05, 4.69) is 80.8 Å². The third kappa shape index (κ3) is 3.69. The summed E-state index contributed by atoms with van der Waals surface area (Å²) in [6.45, 7) is 9.11. The van der Waals surface area contributed by atoms with Gasteiger partial charge in [-0.1, -0.05) is 55.8 Å². The van der Waals surface area contributed by atoms with Gasteiger partial charge in [-0.05, 0) is 82.3 Å². The van der Waals surface area contributed by atoms with Crippen LogP contribution in [0.2, 0.25) is 0 Å². The van der Waals surface area contributed by atoms with Crippen molar-refractivity contribution < 1.29 is 4.74 Å². The summed E-state index contributed by atoms with van der Waals surface area (Å²) in [6.07, 6.45) is 15.1. The Bertz CT molecular complexity index is 1050. The summed E-state index contributed by atoms with van der Waals surface area (Å²) in [5.41, 5.74) is 5.88. The number of ether oxygens (including phenoxy) is 1. The van der Waals surface area contributed by atoms with E-state index in [-0.39, 0.29) is 6.10 Å². The summed E-state index contributed by atoms with van der Waals surface area (Å²) in [5.74, 6) is 2.91. The molecule has 4 unspecified atom stereocenters. The Kier molecular flexibility index (Phi) is 5.58. The minimum Gasteiger partial charge on any atom is -0.495 e. The zero-order valence-corrected chi connectivity index (χ0v) is 19.6. The van der Waals surface area contributed by atoms with Crippen molar-refractivity contribution in [2.24, 2.45) is 17.8 Å². The van der Waals surface area contributed by atoms with Gasteiger partial charge in [-0.2, -0.15) is 0 Å². The van der Waals surface area contributed by atoms with Gasteiger partial charge in [0.15, 0.2) is 0 Å². The van der Waals surface area contributed by atoms with E-state index in [1.807, 2.05) is 0 Å².